The molecule has 0 atom stereocenters. The minimum Gasteiger partial charge on any atom is -0.368 e. The third-order valence-corrected chi connectivity index (χ3v) is 3.58. The van der Waals surface area contributed by atoms with Crippen LogP contribution in [0.4, 0.5) is 0 Å². The fourth-order valence-corrected chi connectivity index (χ4v) is 2.50. The van der Waals surface area contributed by atoms with Crippen molar-refractivity contribution in [3.63, 3.8) is 0 Å². The van der Waals surface area contributed by atoms with Crippen molar-refractivity contribution in [3.05, 3.63) is 0 Å². The van der Waals surface area contributed by atoms with Gasteiger partial charge in [0, 0.05) is 18.5 Å². The predicted molar refractivity (Wildman–Crippen MR) is 70.7 cm³/mol. The van der Waals surface area contributed by atoms with Crippen LogP contribution in [-0.2, 0) is 9.59 Å². The number of nitrogens with two attached hydrogens (primary N) is 2. The molecule has 104 valence electrons. The number of amides is 2. The molecule has 4 N–H and O–H groups in total. The second-order valence-electron chi connectivity index (χ2n) is 5.38. The van der Waals surface area contributed by atoms with Gasteiger partial charge >= 0.3 is 0 Å². The Morgan fingerprint density at radius 2 is 1.89 bits per heavy atom. The molecular weight excluding hydrogens is 230 g/mol. The number of rotatable bonds is 7. The zero-order chi connectivity index (χ0) is 13.6. The first-order chi connectivity index (χ1) is 8.47. The molecule has 1 fully saturated rings. The van der Waals surface area contributed by atoms with E-state index in [4.69, 9.17) is 11.5 Å². The average Bonchev–Trinajstić information content (AvgIpc) is 2.70. The molecule has 1 aliphatic carbocycles. The molecule has 1 saturated carbocycles. The van der Waals surface area contributed by atoms with Crippen molar-refractivity contribution >= 4 is 11.8 Å². The highest BCUT2D eigenvalue weighted by atomic mass is 16.2. The van der Waals surface area contributed by atoms with Gasteiger partial charge in [0.1, 0.15) is 0 Å². The van der Waals surface area contributed by atoms with Crippen LogP contribution in [0.1, 0.15) is 51.9 Å². The first-order valence-electron chi connectivity index (χ1n) is 6.82. The number of carbonyl (C=O) groups is 2. The van der Waals surface area contributed by atoms with E-state index in [1.165, 1.54) is 0 Å². The molecule has 0 radical (unpaired) electrons. The lowest BCUT2D eigenvalue weighted by molar-refractivity contribution is -0.136. The summed E-state index contributed by atoms with van der Waals surface area (Å²) in [4.78, 5) is 24.7. The van der Waals surface area contributed by atoms with Gasteiger partial charge < -0.3 is 16.4 Å². The number of hydrogen-bond acceptors (Lipinski definition) is 3. The minimum absolute atomic E-state index is 0.00884. The summed E-state index contributed by atoms with van der Waals surface area (Å²) in [5.41, 5.74) is 11.0. The summed E-state index contributed by atoms with van der Waals surface area (Å²) in [6.45, 7) is 2.65. The maximum Gasteiger partial charge on any atom is 0.237 e. The number of hydrogen-bond donors (Lipinski definition) is 2. The van der Waals surface area contributed by atoms with Crippen LogP contribution in [0.25, 0.3) is 0 Å². The van der Waals surface area contributed by atoms with E-state index in [1.54, 1.807) is 4.90 Å². The number of primary amides is 1. The minimum atomic E-state index is -0.461. The molecule has 5 nitrogen and oxygen atoms in total. The van der Waals surface area contributed by atoms with Gasteiger partial charge in [0.15, 0.2) is 0 Å². The molecule has 5 heteroatoms. The summed E-state index contributed by atoms with van der Waals surface area (Å²) < 4.78 is 0. The Labute approximate surface area is 109 Å². The molecule has 0 unspecified atom stereocenters. The van der Waals surface area contributed by atoms with E-state index in [-0.39, 0.29) is 18.0 Å². The Morgan fingerprint density at radius 1 is 1.28 bits per heavy atom. The summed E-state index contributed by atoms with van der Waals surface area (Å²) in [6, 6.07) is 0. The standard InChI is InChI=1S/C13H25N3O2/c1-2-3-8-16(10-11(14)17)12(18)9-13(15)6-4-5-7-13/h2-10,15H2,1H3,(H2,14,17). The van der Waals surface area contributed by atoms with Gasteiger partial charge in [-0.25, -0.2) is 0 Å². The van der Waals surface area contributed by atoms with Gasteiger partial charge in [0.05, 0.1) is 6.54 Å². The molecule has 0 heterocycles. The largest absolute Gasteiger partial charge is 0.368 e. The van der Waals surface area contributed by atoms with Crippen molar-refractivity contribution in [1.29, 1.82) is 0 Å². The summed E-state index contributed by atoms with van der Waals surface area (Å²) in [6.07, 6.45) is 6.19. The van der Waals surface area contributed by atoms with Crippen LogP contribution < -0.4 is 11.5 Å². The van der Waals surface area contributed by atoms with Gasteiger partial charge in [0.2, 0.25) is 11.8 Å². The molecule has 0 saturated heterocycles. The highest BCUT2D eigenvalue weighted by Crippen LogP contribution is 2.30. The third-order valence-electron chi connectivity index (χ3n) is 3.58. The molecule has 1 aliphatic rings. The van der Waals surface area contributed by atoms with Crippen LogP contribution in [0, 0.1) is 0 Å². The van der Waals surface area contributed by atoms with Gasteiger partial charge in [-0.3, -0.25) is 9.59 Å². The summed E-state index contributed by atoms with van der Waals surface area (Å²) in [5, 5.41) is 0. The Bertz CT molecular complexity index is 299. The van der Waals surface area contributed by atoms with E-state index in [2.05, 4.69) is 0 Å². The van der Waals surface area contributed by atoms with Crippen LogP contribution in [0.3, 0.4) is 0 Å². The smallest absolute Gasteiger partial charge is 0.237 e. The van der Waals surface area contributed by atoms with E-state index in [1.807, 2.05) is 6.92 Å². The van der Waals surface area contributed by atoms with Crippen molar-refractivity contribution in [3.8, 4) is 0 Å². The van der Waals surface area contributed by atoms with Crippen LogP contribution in [0.15, 0.2) is 0 Å². The van der Waals surface area contributed by atoms with Crippen molar-refractivity contribution in [2.45, 2.75) is 57.4 Å². The summed E-state index contributed by atoms with van der Waals surface area (Å²) in [5.74, 6) is -0.497. The molecule has 0 spiro atoms. The number of carbonyl (C=O) groups excluding carboxylic acids is 2. The molecule has 1 rings (SSSR count). The maximum atomic E-state index is 12.2. The van der Waals surface area contributed by atoms with Gasteiger partial charge in [-0.1, -0.05) is 26.2 Å². The molecule has 0 bridgehead atoms. The second kappa shape index (κ2) is 6.73. The average molecular weight is 255 g/mol. The van der Waals surface area contributed by atoms with Crippen molar-refractivity contribution in [2.75, 3.05) is 13.1 Å². The van der Waals surface area contributed by atoms with Crippen molar-refractivity contribution < 1.29 is 9.59 Å². The zero-order valence-electron chi connectivity index (χ0n) is 11.3. The lowest BCUT2D eigenvalue weighted by Gasteiger charge is -2.28. The molecule has 0 aromatic heterocycles. The molecule has 0 aromatic rings. The van der Waals surface area contributed by atoms with E-state index in [0.717, 1.165) is 38.5 Å². The molecular formula is C13H25N3O2. The normalized spacial score (nSPS) is 17.7. The zero-order valence-corrected chi connectivity index (χ0v) is 11.3. The highest BCUT2D eigenvalue weighted by Gasteiger charge is 2.33. The fourth-order valence-electron chi connectivity index (χ4n) is 2.50. The molecule has 0 aliphatic heterocycles. The Balaban J connectivity index is 2.54. The van der Waals surface area contributed by atoms with Gasteiger partial charge in [-0.15, -0.1) is 0 Å². The third kappa shape index (κ3) is 4.64. The molecule has 0 aromatic carbocycles. The summed E-state index contributed by atoms with van der Waals surface area (Å²) in [7, 11) is 0. The Kier molecular flexibility index (Phi) is 5.59. The number of nitrogens with zero attached hydrogens (tertiary/aromatic N) is 1. The van der Waals surface area contributed by atoms with E-state index >= 15 is 0 Å². The van der Waals surface area contributed by atoms with Crippen LogP contribution in [0.5, 0.6) is 0 Å². The van der Waals surface area contributed by atoms with E-state index in [9.17, 15) is 9.59 Å². The highest BCUT2D eigenvalue weighted by molar-refractivity contribution is 5.84. The fraction of sp³-hybridized carbons (Fsp3) is 0.846. The first-order valence-corrected chi connectivity index (χ1v) is 6.82. The van der Waals surface area contributed by atoms with Gasteiger partial charge in [-0.2, -0.15) is 0 Å². The van der Waals surface area contributed by atoms with Crippen molar-refractivity contribution in [1.82, 2.24) is 4.90 Å². The van der Waals surface area contributed by atoms with Gasteiger partial charge in [-0.05, 0) is 19.3 Å². The quantitative estimate of drug-likeness (QED) is 0.704. The van der Waals surface area contributed by atoms with Crippen LogP contribution in [-0.4, -0.2) is 35.3 Å². The lowest BCUT2D eigenvalue weighted by atomic mass is 9.94. The number of unbranched alkanes of at least 4 members (excludes halogenated alkanes) is 1. The molecule has 18 heavy (non-hydrogen) atoms. The van der Waals surface area contributed by atoms with Gasteiger partial charge in [0.25, 0.3) is 0 Å². The monoisotopic (exact) mass is 255 g/mol. The lowest BCUT2D eigenvalue weighted by Crippen LogP contribution is -2.46. The first kappa shape index (κ1) is 15.0. The molecule has 2 amide bonds. The topological polar surface area (TPSA) is 89.4 Å². The Hall–Kier alpha value is -1.10. The van der Waals surface area contributed by atoms with Crippen molar-refractivity contribution in [2.24, 2.45) is 11.5 Å². The van der Waals surface area contributed by atoms with Crippen LogP contribution in [0.2, 0.25) is 0 Å². The maximum absolute atomic E-state index is 12.2. The van der Waals surface area contributed by atoms with E-state index < -0.39 is 5.91 Å². The van der Waals surface area contributed by atoms with E-state index in [0.29, 0.717) is 13.0 Å². The summed E-state index contributed by atoms with van der Waals surface area (Å²) >= 11 is 0. The second-order valence-corrected chi connectivity index (χ2v) is 5.38. The van der Waals surface area contributed by atoms with Crippen LogP contribution >= 0.6 is 0 Å². The Morgan fingerprint density at radius 3 is 2.39 bits per heavy atom. The SMILES string of the molecule is CCCCN(CC(N)=O)C(=O)CC1(N)CCCC1. The predicted octanol–water partition coefficient (Wildman–Crippen LogP) is 0.762.